The van der Waals surface area contributed by atoms with Crippen LogP contribution in [0.3, 0.4) is 0 Å². The van der Waals surface area contributed by atoms with Crippen molar-refractivity contribution in [1.82, 2.24) is 4.98 Å². The minimum absolute atomic E-state index is 0. The Labute approximate surface area is 112 Å². The van der Waals surface area contributed by atoms with Crippen molar-refractivity contribution >= 4 is 40.6 Å². The topological polar surface area (TPSA) is 38.9 Å². The lowest BCUT2D eigenvalue weighted by atomic mass is 9.93. The normalized spacial score (nSPS) is 14.2. The molecule has 0 spiro atoms. The van der Waals surface area contributed by atoms with Crippen LogP contribution >= 0.6 is 24.0 Å². The second-order valence-corrected chi connectivity index (χ2v) is 4.76. The van der Waals surface area contributed by atoms with E-state index in [1.807, 2.05) is 18.2 Å². The molecule has 0 aliphatic heterocycles. The fourth-order valence-electron chi connectivity index (χ4n) is 2.44. The summed E-state index contributed by atoms with van der Waals surface area (Å²) in [6.07, 6.45) is 4.54. The van der Waals surface area contributed by atoms with Gasteiger partial charge >= 0.3 is 0 Å². The second-order valence-electron chi connectivity index (χ2n) is 4.32. The number of benzene rings is 1. The molecule has 1 aliphatic carbocycles. The highest BCUT2D eigenvalue weighted by molar-refractivity contribution is 6.31. The maximum atomic E-state index is 6.21. The van der Waals surface area contributed by atoms with E-state index in [4.69, 9.17) is 17.3 Å². The first-order valence-electron chi connectivity index (χ1n) is 5.62. The molecule has 0 saturated heterocycles. The first kappa shape index (κ1) is 12.5. The molecule has 0 radical (unpaired) electrons. The summed E-state index contributed by atoms with van der Waals surface area (Å²) < 4.78 is 0. The van der Waals surface area contributed by atoms with Gasteiger partial charge in [-0.25, -0.2) is 0 Å². The maximum Gasteiger partial charge on any atom is 0.0741 e. The summed E-state index contributed by atoms with van der Waals surface area (Å²) in [4.78, 5) is 4.67. The molecule has 4 heteroatoms. The molecule has 1 aliphatic rings. The largest absolute Gasteiger partial charge is 0.398 e. The lowest BCUT2D eigenvalue weighted by Crippen LogP contribution is -2.09. The van der Waals surface area contributed by atoms with E-state index < -0.39 is 0 Å². The van der Waals surface area contributed by atoms with E-state index in [1.165, 1.54) is 24.1 Å². The van der Waals surface area contributed by atoms with Crippen LogP contribution in [-0.2, 0) is 12.8 Å². The smallest absolute Gasteiger partial charge is 0.0741 e. The molecule has 0 unspecified atom stereocenters. The highest BCUT2D eigenvalue weighted by atomic mass is 35.5. The standard InChI is InChI=1S/C13H13ClN2.ClH/c14-8-5-6-10-12(7-8)16-11-4-2-1-3-9(11)13(10)15;/h5-7H,1-4H2,(H2,15,16);1H. The Kier molecular flexibility index (Phi) is 3.45. The van der Waals surface area contributed by atoms with Gasteiger partial charge in [-0.05, 0) is 49.4 Å². The van der Waals surface area contributed by atoms with E-state index in [9.17, 15) is 0 Å². The number of nitrogen functional groups attached to an aromatic ring is 1. The number of aromatic nitrogens is 1. The summed E-state index contributed by atoms with van der Waals surface area (Å²) in [7, 11) is 0. The summed E-state index contributed by atoms with van der Waals surface area (Å²) >= 11 is 5.97. The lowest BCUT2D eigenvalue weighted by molar-refractivity contribution is 0.673. The number of nitrogens with two attached hydrogens (primary N) is 1. The number of hydrogen-bond donors (Lipinski definition) is 1. The monoisotopic (exact) mass is 268 g/mol. The molecule has 2 nitrogen and oxygen atoms in total. The van der Waals surface area contributed by atoms with E-state index in [0.717, 1.165) is 34.5 Å². The molecule has 3 rings (SSSR count). The summed E-state index contributed by atoms with van der Waals surface area (Å²) in [5, 5.41) is 1.75. The van der Waals surface area contributed by atoms with Gasteiger partial charge in [0.15, 0.2) is 0 Å². The molecular formula is C13H14Cl2N2. The van der Waals surface area contributed by atoms with Gasteiger partial charge in [-0.1, -0.05) is 11.6 Å². The van der Waals surface area contributed by atoms with Gasteiger partial charge in [0.1, 0.15) is 0 Å². The van der Waals surface area contributed by atoms with Gasteiger partial charge in [-0.3, -0.25) is 4.98 Å². The minimum atomic E-state index is 0. The Morgan fingerprint density at radius 1 is 1.18 bits per heavy atom. The van der Waals surface area contributed by atoms with Crippen molar-refractivity contribution in [1.29, 1.82) is 0 Å². The molecule has 0 bridgehead atoms. The Morgan fingerprint density at radius 3 is 2.76 bits per heavy atom. The Balaban J connectivity index is 0.00000108. The maximum absolute atomic E-state index is 6.21. The van der Waals surface area contributed by atoms with E-state index in [1.54, 1.807) is 0 Å². The third kappa shape index (κ3) is 2.07. The number of anilines is 1. The third-order valence-corrected chi connectivity index (χ3v) is 3.50. The highest BCUT2D eigenvalue weighted by Crippen LogP contribution is 2.31. The molecule has 1 heterocycles. The number of aryl methyl sites for hydroxylation is 1. The van der Waals surface area contributed by atoms with E-state index in [0.29, 0.717) is 0 Å². The Morgan fingerprint density at radius 2 is 1.94 bits per heavy atom. The van der Waals surface area contributed by atoms with Crippen LogP contribution in [0.2, 0.25) is 5.02 Å². The zero-order valence-corrected chi connectivity index (χ0v) is 10.9. The predicted molar refractivity (Wildman–Crippen MR) is 75.1 cm³/mol. The van der Waals surface area contributed by atoms with Crippen LogP contribution in [0, 0.1) is 0 Å². The van der Waals surface area contributed by atoms with Crippen molar-refractivity contribution < 1.29 is 0 Å². The fraction of sp³-hybridized carbons (Fsp3) is 0.308. The van der Waals surface area contributed by atoms with Crippen molar-refractivity contribution in [3.8, 4) is 0 Å². The van der Waals surface area contributed by atoms with Gasteiger partial charge in [0.05, 0.1) is 5.52 Å². The molecule has 2 aromatic rings. The molecule has 17 heavy (non-hydrogen) atoms. The average Bonchev–Trinajstić information content (AvgIpc) is 2.29. The quantitative estimate of drug-likeness (QED) is 0.790. The van der Waals surface area contributed by atoms with E-state index in [-0.39, 0.29) is 12.4 Å². The second kappa shape index (κ2) is 4.71. The first-order chi connectivity index (χ1) is 7.75. The zero-order valence-electron chi connectivity index (χ0n) is 9.37. The van der Waals surface area contributed by atoms with Crippen LogP contribution in [0.5, 0.6) is 0 Å². The fourth-order valence-corrected chi connectivity index (χ4v) is 2.60. The Bertz CT molecular complexity index is 567. The van der Waals surface area contributed by atoms with Gasteiger partial charge in [-0.2, -0.15) is 0 Å². The number of rotatable bonds is 0. The van der Waals surface area contributed by atoms with Crippen LogP contribution in [-0.4, -0.2) is 4.98 Å². The molecule has 0 fully saturated rings. The molecule has 1 aromatic carbocycles. The SMILES string of the molecule is Cl.Nc1c2c(nc3cc(Cl)ccc13)CCCC2. The number of hydrogen-bond acceptors (Lipinski definition) is 2. The van der Waals surface area contributed by atoms with Crippen LogP contribution in [0.1, 0.15) is 24.1 Å². The summed E-state index contributed by atoms with van der Waals surface area (Å²) in [5.41, 5.74) is 10.4. The van der Waals surface area contributed by atoms with E-state index in [2.05, 4.69) is 4.98 Å². The molecule has 0 atom stereocenters. The zero-order chi connectivity index (χ0) is 11.1. The number of pyridine rings is 1. The van der Waals surface area contributed by atoms with Crippen molar-refractivity contribution in [3.63, 3.8) is 0 Å². The average molecular weight is 269 g/mol. The summed E-state index contributed by atoms with van der Waals surface area (Å²) in [6.45, 7) is 0. The Hall–Kier alpha value is -0.990. The summed E-state index contributed by atoms with van der Waals surface area (Å²) in [5.74, 6) is 0. The first-order valence-corrected chi connectivity index (χ1v) is 6.00. The number of halogens is 2. The van der Waals surface area contributed by atoms with Crippen LogP contribution in [0.15, 0.2) is 18.2 Å². The van der Waals surface area contributed by atoms with Crippen molar-refractivity contribution in [3.05, 3.63) is 34.5 Å². The van der Waals surface area contributed by atoms with Crippen molar-refractivity contribution in [2.75, 3.05) is 5.73 Å². The van der Waals surface area contributed by atoms with Gasteiger partial charge in [0, 0.05) is 21.8 Å². The highest BCUT2D eigenvalue weighted by Gasteiger charge is 2.16. The number of nitrogens with zero attached hydrogens (tertiary/aromatic N) is 1. The molecule has 90 valence electrons. The van der Waals surface area contributed by atoms with E-state index >= 15 is 0 Å². The predicted octanol–water partition coefficient (Wildman–Crippen LogP) is 3.77. The van der Waals surface area contributed by atoms with Gasteiger partial charge in [0.2, 0.25) is 0 Å². The summed E-state index contributed by atoms with van der Waals surface area (Å²) in [6, 6.07) is 5.73. The number of fused-ring (bicyclic) bond motifs is 2. The molecule has 2 N–H and O–H groups in total. The molecule has 0 amide bonds. The van der Waals surface area contributed by atoms with Crippen LogP contribution < -0.4 is 5.73 Å². The van der Waals surface area contributed by atoms with Crippen LogP contribution in [0.25, 0.3) is 10.9 Å². The van der Waals surface area contributed by atoms with Crippen molar-refractivity contribution in [2.45, 2.75) is 25.7 Å². The lowest BCUT2D eigenvalue weighted by Gasteiger charge is -2.18. The molecule has 1 aromatic heterocycles. The van der Waals surface area contributed by atoms with Gasteiger partial charge in [0.25, 0.3) is 0 Å². The van der Waals surface area contributed by atoms with Gasteiger partial charge in [-0.15, -0.1) is 12.4 Å². The van der Waals surface area contributed by atoms with Crippen LogP contribution in [0.4, 0.5) is 5.69 Å². The van der Waals surface area contributed by atoms with Gasteiger partial charge < -0.3 is 5.73 Å². The molecular weight excluding hydrogens is 255 g/mol. The minimum Gasteiger partial charge on any atom is -0.398 e. The third-order valence-electron chi connectivity index (χ3n) is 3.27. The molecule has 0 saturated carbocycles. The van der Waals surface area contributed by atoms with Crippen molar-refractivity contribution in [2.24, 2.45) is 0 Å².